The molecule has 1 spiro atoms. The molecule has 1 atom stereocenters. The molecule has 1 aliphatic carbocycles. The lowest BCUT2D eigenvalue weighted by Gasteiger charge is -2.24. The van der Waals surface area contributed by atoms with Gasteiger partial charge >= 0.3 is 0 Å². The van der Waals surface area contributed by atoms with Crippen molar-refractivity contribution in [3.05, 3.63) is 35.9 Å². The van der Waals surface area contributed by atoms with Gasteiger partial charge in [0, 0.05) is 6.54 Å². The summed E-state index contributed by atoms with van der Waals surface area (Å²) < 4.78 is 29.0. The molecule has 2 fully saturated rings. The van der Waals surface area contributed by atoms with Gasteiger partial charge in [-0.3, -0.25) is 10.1 Å². The lowest BCUT2D eigenvalue weighted by Crippen LogP contribution is -2.34. The summed E-state index contributed by atoms with van der Waals surface area (Å²) in [5.41, 5.74) is 0.576. The molecule has 1 heterocycles. The highest BCUT2D eigenvalue weighted by atomic mass is 19.3. The molecule has 0 radical (unpaired) electrons. The van der Waals surface area contributed by atoms with Gasteiger partial charge in [0.2, 0.25) is 5.91 Å². The topological polar surface area (TPSA) is 41.6 Å². The minimum atomic E-state index is -2.47. The van der Waals surface area contributed by atoms with E-state index < -0.39 is 18.6 Å². The van der Waals surface area contributed by atoms with Gasteiger partial charge in [0.1, 0.15) is 18.3 Å². The number of amides is 1. The normalized spacial score (nSPS) is 23.3. The number of hydrogen-bond acceptors (Lipinski definition) is 3. The lowest BCUT2D eigenvalue weighted by atomic mass is 10.1. The smallest absolute Gasteiger partial charge is 0.261 e. The van der Waals surface area contributed by atoms with Crippen molar-refractivity contribution in [1.29, 1.82) is 0 Å². The molecule has 1 unspecified atom stereocenters. The summed E-state index contributed by atoms with van der Waals surface area (Å²) in [5, 5.41) is 3.38. The lowest BCUT2D eigenvalue weighted by molar-refractivity contribution is -0.131. The van der Waals surface area contributed by atoms with E-state index in [0.717, 1.165) is 18.4 Å². The van der Waals surface area contributed by atoms with Gasteiger partial charge in [-0.1, -0.05) is 30.3 Å². The molecule has 0 aromatic heterocycles. The Balaban J connectivity index is 1.67. The van der Waals surface area contributed by atoms with Crippen molar-refractivity contribution in [2.75, 3.05) is 19.8 Å². The summed E-state index contributed by atoms with van der Waals surface area (Å²) in [6, 6.07) is 9.68. The number of halogens is 2. The van der Waals surface area contributed by atoms with Crippen LogP contribution in [0.1, 0.15) is 24.6 Å². The van der Waals surface area contributed by atoms with Gasteiger partial charge in [-0.15, -0.1) is 0 Å². The zero-order valence-electron chi connectivity index (χ0n) is 11.6. The maximum absolute atomic E-state index is 12.5. The van der Waals surface area contributed by atoms with Crippen LogP contribution in [0.15, 0.2) is 30.3 Å². The Labute approximate surface area is 122 Å². The van der Waals surface area contributed by atoms with E-state index >= 15 is 0 Å². The van der Waals surface area contributed by atoms with Crippen LogP contribution >= 0.6 is 0 Å². The molecule has 2 aliphatic rings. The second kappa shape index (κ2) is 5.69. The number of carbonyl (C=O) groups is 1. The van der Waals surface area contributed by atoms with E-state index in [1.54, 1.807) is 4.90 Å². The SMILES string of the molecule is O=C1N(CCOCC(F)F)C(c2ccccc2)NC12CC2. The van der Waals surface area contributed by atoms with Crippen molar-refractivity contribution in [2.45, 2.75) is 31.0 Å². The Morgan fingerprint density at radius 1 is 1.33 bits per heavy atom. The van der Waals surface area contributed by atoms with Crippen molar-refractivity contribution in [3.8, 4) is 0 Å². The third-order valence-corrected chi connectivity index (χ3v) is 3.98. The second-order valence-corrected chi connectivity index (χ2v) is 5.50. The largest absolute Gasteiger partial charge is 0.374 e. The van der Waals surface area contributed by atoms with Crippen LogP contribution in [0.2, 0.25) is 0 Å². The summed E-state index contributed by atoms with van der Waals surface area (Å²) in [6.45, 7) is -0.145. The molecule has 21 heavy (non-hydrogen) atoms. The first-order valence-electron chi connectivity index (χ1n) is 7.12. The third kappa shape index (κ3) is 2.91. The number of alkyl halides is 2. The van der Waals surface area contributed by atoms with Crippen molar-refractivity contribution in [1.82, 2.24) is 10.2 Å². The summed E-state index contributed by atoms with van der Waals surface area (Å²) >= 11 is 0. The van der Waals surface area contributed by atoms with Crippen LogP contribution in [0.3, 0.4) is 0 Å². The first-order chi connectivity index (χ1) is 10.1. The summed E-state index contributed by atoms with van der Waals surface area (Å²) in [6.07, 6.45) is -0.999. The van der Waals surface area contributed by atoms with Crippen LogP contribution < -0.4 is 5.32 Å². The fourth-order valence-corrected chi connectivity index (χ4v) is 2.74. The number of nitrogens with one attached hydrogen (secondary N) is 1. The van der Waals surface area contributed by atoms with Crippen LogP contribution in [-0.4, -0.2) is 42.5 Å². The van der Waals surface area contributed by atoms with Gasteiger partial charge in [-0.05, 0) is 18.4 Å². The van der Waals surface area contributed by atoms with Crippen LogP contribution in [0.5, 0.6) is 0 Å². The average molecular weight is 296 g/mol. The number of nitrogens with zero attached hydrogens (tertiary/aromatic N) is 1. The average Bonchev–Trinajstić information content (AvgIpc) is 3.21. The molecule has 1 N–H and O–H groups in total. The van der Waals surface area contributed by atoms with E-state index in [1.165, 1.54) is 0 Å². The first-order valence-corrected chi connectivity index (χ1v) is 7.12. The van der Waals surface area contributed by atoms with Gasteiger partial charge in [0.15, 0.2) is 0 Å². The molecule has 6 heteroatoms. The van der Waals surface area contributed by atoms with Gasteiger partial charge in [-0.25, -0.2) is 8.78 Å². The monoisotopic (exact) mass is 296 g/mol. The Hall–Kier alpha value is -1.53. The number of carbonyl (C=O) groups excluding carboxylic acids is 1. The molecule has 3 rings (SSSR count). The predicted octanol–water partition coefficient (Wildman–Crippen LogP) is 1.93. The fraction of sp³-hybridized carbons (Fsp3) is 0.533. The van der Waals surface area contributed by atoms with Gasteiger partial charge < -0.3 is 9.64 Å². The predicted molar refractivity (Wildman–Crippen MR) is 72.8 cm³/mol. The third-order valence-electron chi connectivity index (χ3n) is 3.98. The van der Waals surface area contributed by atoms with Gasteiger partial charge in [-0.2, -0.15) is 0 Å². The maximum Gasteiger partial charge on any atom is 0.261 e. The highest BCUT2D eigenvalue weighted by Gasteiger charge is 2.59. The minimum Gasteiger partial charge on any atom is -0.374 e. The van der Waals surface area contributed by atoms with E-state index in [9.17, 15) is 13.6 Å². The Kier molecular flexibility index (Phi) is 3.91. The summed E-state index contributed by atoms with van der Waals surface area (Å²) in [5.74, 6) is 0.0528. The van der Waals surface area contributed by atoms with Crippen LogP contribution in [0, 0.1) is 0 Å². The molecular formula is C15H18F2N2O2. The number of benzene rings is 1. The van der Waals surface area contributed by atoms with E-state index in [2.05, 4.69) is 5.32 Å². The van der Waals surface area contributed by atoms with Crippen molar-refractivity contribution < 1.29 is 18.3 Å². The van der Waals surface area contributed by atoms with E-state index in [1.807, 2.05) is 30.3 Å². The highest BCUT2D eigenvalue weighted by Crippen LogP contribution is 2.45. The molecule has 1 aromatic carbocycles. The van der Waals surface area contributed by atoms with Crippen LogP contribution in [0.4, 0.5) is 8.78 Å². The summed E-state index contributed by atoms with van der Waals surface area (Å²) in [4.78, 5) is 14.2. The van der Waals surface area contributed by atoms with Gasteiger partial charge in [0.05, 0.1) is 6.61 Å². The highest BCUT2D eigenvalue weighted by molar-refractivity contribution is 5.92. The molecule has 1 aromatic rings. The van der Waals surface area contributed by atoms with Crippen LogP contribution in [0.25, 0.3) is 0 Å². The maximum atomic E-state index is 12.5. The van der Waals surface area contributed by atoms with Crippen LogP contribution in [-0.2, 0) is 9.53 Å². The second-order valence-electron chi connectivity index (χ2n) is 5.50. The molecular weight excluding hydrogens is 278 g/mol. The first kappa shape index (κ1) is 14.4. The number of rotatable bonds is 6. The van der Waals surface area contributed by atoms with Crippen molar-refractivity contribution in [3.63, 3.8) is 0 Å². The molecule has 0 bridgehead atoms. The van der Waals surface area contributed by atoms with Crippen molar-refractivity contribution in [2.24, 2.45) is 0 Å². The Morgan fingerprint density at radius 2 is 2.05 bits per heavy atom. The molecule has 1 saturated heterocycles. The zero-order chi connectivity index (χ0) is 14.9. The molecule has 1 saturated carbocycles. The van der Waals surface area contributed by atoms with E-state index in [4.69, 9.17) is 4.74 Å². The molecule has 4 nitrogen and oxygen atoms in total. The molecule has 1 amide bonds. The standard InChI is InChI=1S/C15H18F2N2O2/c16-12(17)10-21-9-8-19-13(11-4-2-1-3-5-11)18-15(6-7-15)14(19)20/h1-5,12-13,18H,6-10H2. The zero-order valence-corrected chi connectivity index (χ0v) is 11.6. The molecule has 1 aliphatic heterocycles. The number of hydrogen-bond donors (Lipinski definition) is 1. The Morgan fingerprint density at radius 3 is 2.67 bits per heavy atom. The Bertz CT molecular complexity index is 506. The number of ether oxygens (including phenoxy) is 1. The van der Waals surface area contributed by atoms with E-state index in [0.29, 0.717) is 6.54 Å². The van der Waals surface area contributed by atoms with E-state index in [-0.39, 0.29) is 18.7 Å². The molecule has 114 valence electrons. The fourth-order valence-electron chi connectivity index (χ4n) is 2.74. The van der Waals surface area contributed by atoms with Crippen molar-refractivity contribution >= 4 is 5.91 Å². The minimum absolute atomic E-state index is 0.0528. The van der Waals surface area contributed by atoms with Gasteiger partial charge in [0.25, 0.3) is 6.43 Å². The summed E-state index contributed by atoms with van der Waals surface area (Å²) in [7, 11) is 0. The quantitative estimate of drug-likeness (QED) is 0.816.